The van der Waals surface area contributed by atoms with E-state index in [1.807, 2.05) is 6.20 Å². The summed E-state index contributed by atoms with van der Waals surface area (Å²) in [6.45, 7) is 15.9. The van der Waals surface area contributed by atoms with Crippen molar-refractivity contribution in [2.24, 2.45) is 10.9 Å². The van der Waals surface area contributed by atoms with Crippen LogP contribution < -0.4 is 30.5 Å². The van der Waals surface area contributed by atoms with Gasteiger partial charge in [0.25, 0.3) is 0 Å². The van der Waals surface area contributed by atoms with Crippen LogP contribution in [0.25, 0.3) is 0 Å². The number of nitrogens with zero attached hydrogens (tertiary/aromatic N) is 5. The van der Waals surface area contributed by atoms with Crippen LogP contribution in [0, 0.1) is 12.8 Å². The number of rotatable bonds is 9. The van der Waals surface area contributed by atoms with Gasteiger partial charge in [-0.3, -0.25) is 19.8 Å². The number of hydrogen-bond donors (Lipinski definition) is 3. The quantitative estimate of drug-likeness (QED) is 0.227. The molecule has 2 amide bonds. The Labute approximate surface area is 318 Å². The van der Waals surface area contributed by atoms with E-state index in [-0.39, 0.29) is 17.7 Å². The van der Waals surface area contributed by atoms with Crippen LogP contribution in [0.5, 0.6) is 5.88 Å². The van der Waals surface area contributed by atoms with Crippen molar-refractivity contribution < 1.29 is 14.3 Å². The van der Waals surface area contributed by atoms with E-state index in [2.05, 4.69) is 111 Å². The third kappa shape index (κ3) is 7.73. The van der Waals surface area contributed by atoms with E-state index in [0.717, 1.165) is 86.0 Å². The van der Waals surface area contributed by atoms with E-state index in [9.17, 15) is 9.59 Å². The highest BCUT2D eigenvalue weighted by Crippen LogP contribution is 2.36. The van der Waals surface area contributed by atoms with Crippen molar-refractivity contribution in [2.45, 2.75) is 64.3 Å². The third-order valence-electron chi connectivity index (χ3n) is 11.9. The highest BCUT2D eigenvalue weighted by Gasteiger charge is 2.35. The molecular weight excluding hydrogens is 677 g/mol. The minimum absolute atomic E-state index is 0.170. The lowest BCUT2D eigenvalue weighted by molar-refractivity contribution is -0.134. The number of fused-ring (bicyclic) bond motifs is 1. The first-order valence-electron chi connectivity index (χ1n) is 19.6. The molecule has 0 aliphatic carbocycles. The Balaban J connectivity index is 0.789. The number of nitrogens with one attached hydrogen (secondary N) is 3. The van der Waals surface area contributed by atoms with Gasteiger partial charge in [-0.1, -0.05) is 36.9 Å². The summed E-state index contributed by atoms with van der Waals surface area (Å²) < 4.78 is 5.75. The zero-order valence-corrected chi connectivity index (χ0v) is 31.6. The number of anilines is 4. The second-order valence-corrected chi connectivity index (χ2v) is 15.4. The van der Waals surface area contributed by atoms with Gasteiger partial charge in [-0.05, 0) is 106 Å². The highest BCUT2D eigenvalue weighted by atomic mass is 16.5. The number of likely N-dealkylation sites (tertiary alicyclic amines) is 1. The molecule has 4 saturated heterocycles. The Hall–Kier alpha value is -5.16. The molecule has 1 aromatic heterocycles. The number of carbonyl (C=O) groups is 2. The monoisotopic (exact) mass is 728 g/mol. The van der Waals surface area contributed by atoms with E-state index in [0.29, 0.717) is 49.7 Å². The standard InChI is InChI=1S/C43H52N8O3/c1-4-32-17-21-50(39-24-45-43-41(28(39)2)44-18-22-54-43)27-38(32)47-29(3)46-34-9-5-30(6-10-34)23-31-15-19-49(20-16-31)36-25-51(26-36)35-11-7-33(8-12-35)37-13-14-40(52)48-42(37)53/h4-12,24,31,36-37,44,46H,3,13-23,25-27H2,1-2H3,(H,48,52,53)/b32-4-,47-38-. The molecule has 6 heterocycles. The zero-order chi connectivity index (χ0) is 37.2. The van der Waals surface area contributed by atoms with Crippen LogP contribution in [0.4, 0.5) is 22.7 Å². The summed E-state index contributed by atoms with van der Waals surface area (Å²) in [5.74, 6) is 1.44. The van der Waals surface area contributed by atoms with E-state index in [1.165, 1.54) is 29.7 Å². The number of allylic oxidation sites excluding steroid dienone is 1. The maximum absolute atomic E-state index is 12.3. The predicted molar refractivity (Wildman–Crippen MR) is 216 cm³/mol. The molecule has 3 N–H and O–H groups in total. The molecule has 0 saturated carbocycles. The Morgan fingerprint density at radius 1 is 1.02 bits per heavy atom. The minimum Gasteiger partial charge on any atom is -0.474 e. The van der Waals surface area contributed by atoms with Crippen molar-refractivity contribution in [1.29, 1.82) is 0 Å². The van der Waals surface area contributed by atoms with Crippen molar-refractivity contribution in [1.82, 2.24) is 15.2 Å². The van der Waals surface area contributed by atoms with E-state index < -0.39 is 0 Å². The summed E-state index contributed by atoms with van der Waals surface area (Å²) in [6.07, 6.45) is 9.56. The minimum atomic E-state index is -0.230. The maximum Gasteiger partial charge on any atom is 0.237 e. The summed E-state index contributed by atoms with van der Waals surface area (Å²) >= 11 is 0. The van der Waals surface area contributed by atoms with Gasteiger partial charge in [-0.15, -0.1) is 0 Å². The SMILES string of the molecule is C=C(/N=C1/CN(c2cnc3c(c2C)NCCO3)CC/C1=C/C)Nc1ccc(CC2CCN(C3CN(c4ccc(C5CCC(=O)NC5=O)cc4)C3)CC2)cc1. The molecule has 5 aliphatic rings. The number of carbonyl (C=O) groups excluding carboxylic acids is 2. The fourth-order valence-corrected chi connectivity index (χ4v) is 8.68. The summed E-state index contributed by atoms with van der Waals surface area (Å²) in [5, 5.41) is 9.36. The van der Waals surface area contributed by atoms with Crippen LogP contribution >= 0.6 is 0 Å². The Bertz CT molecular complexity index is 1940. The van der Waals surface area contributed by atoms with Gasteiger partial charge in [0, 0.05) is 55.6 Å². The van der Waals surface area contributed by atoms with Gasteiger partial charge in [0.15, 0.2) is 0 Å². The van der Waals surface area contributed by atoms with Crippen molar-refractivity contribution in [2.75, 3.05) is 72.9 Å². The molecule has 11 nitrogen and oxygen atoms in total. The fourth-order valence-electron chi connectivity index (χ4n) is 8.68. The number of aromatic nitrogens is 1. The lowest BCUT2D eigenvalue weighted by Gasteiger charge is -2.48. The van der Waals surface area contributed by atoms with Gasteiger partial charge in [-0.2, -0.15) is 0 Å². The van der Waals surface area contributed by atoms with Gasteiger partial charge in [-0.25, -0.2) is 9.98 Å². The van der Waals surface area contributed by atoms with Crippen molar-refractivity contribution >= 4 is 40.3 Å². The lowest BCUT2D eigenvalue weighted by atomic mass is 9.88. The number of aliphatic imine (C=N–C) groups is 1. The molecule has 4 fully saturated rings. The number of ether oxygens (including phenoxy) is 1. The molecule has 1 atom stereocenters. The van der Waals surface area contributed by atoms with Crippen LogP contribution in [0.1, 0.15) is 61.6 Å². The van der Waals surface area contributed by atoms with Gasteiger partial charge in [0.2, 0.25) is 17.7 Å². The molecule has 54 heavy (non-hydrogen) atoms. The second-order valence-electron chi connectivity index (χ2n) is 15.4. The average Bonchev–Trinajstić information content (AvgIpc) is 3.16. The molecule has 0 bridgehead atoms. The van der Waals surface area contributed by atoms with Crippen molar-refractivity contribution in [3.05, 3.63) is 95.5 Å². The number of imide groups is 1. The molecule has 3 aromatic rings. The Morgan fingerprint density at radius 2 is 1.80 bits per heavy atom. The van der Waals surface area contributed by atoms with E-state index >= 15 is 0 Å². The number of pyridine rings is 1. The summed E-state index contributed by atoms with van der Waals surface area (Å²) in [5.41, 5.74) is 10.1. The summed E-state index contributed by atoms with van der Waals surface area (Å²) in [4.78, 5) is 40.8. The van der Waals surface area contributed by atoms with Crippen LogP contribution in [0.15, 0.2) is 83.8 Å². The summed E-state index contributed by atoms with van der Waals surface area (Å²) in [6, 6.07) is 17.7. The molecule has 11 heteroatoms. The van der Waals surface area contributed by atoms with Gasteiger partial charge >= 0.3 is 0 Å². The smallest absolute Gasteiger partial charge is 0.237 e. The molecule has 8 rings (SSSR count). The predicted octanol–water partition coefficient (Wildman–Crippen LogP) is 6.04. The van der Waals surface area contributed by atoms with Gasteiger partial charge in [0.05, 0.1) is 30.1 Å². The fraction of sp³-hybridized carbons (Fsp3) is 0.442. The number of benzene rings is 2. The topological polar surface area (TPSA) is 114 Å². The maximum atomic E-state index is 12.3. The van der Waals surface area contributed by atoms with E-state index in [1.54, 1.807) is 0 Å². The number of amides is 2. The lowest BCUT2D eigenvalue weighted by Crippen LogP contribution is -2.61. The van der Waals surface area contributed by atoms with Gasteiger partial charge in [0.1, 0.15) is 18.1 Å². The first kappa shape index (κ1) is 35.8. The van der Waals surface area contributed by atoms with Crippen LogP contribution in [-0.2, 0) is 16.0 Å². The zero-order valence-electron chi connectivity index (χ0n) is 31.6. The first-order chi connectivity index (χ1) is 26.3. The van der Waals surface area contributed by atoms with Crippen LogP contribution in [0.2, 0.25) is 0 Å². The highest BCUT2D eigenvalue weighted by molar-refractivity contribution is 6.05. The molecule has 5 aliphatic heterocycles. The first-order valence-corrected chi connectivity index (χ1v) is 19.6. The Kier molecular flexibility index (Phi) is 10.4. The largest absolute Gasteiger partial charge is 0.474 e. The van der Waals surface area contributed by atoms with Gasteiger partial charge < -0.3 is 25.2 Å². The normalized spacial score (nSPS) is 22.7. The molecule has 1 unspecified atom stereocenters. The second kappa shape index (κ2) is 15.7. The number of piperidine rings is 3. The molecule has 0 spiro atoms. The van der Waals surface area contributed by atoms with Crippen molar-refractivity contribution in [3.8, 4) is 5.88 Å². The molecule has 0 radical (unpaired) electrons. The Morgan fingerprint density at radius 3 is 2.54 bits per heavy atom. The molecular formula is C43H52N8O3. The molecule has 2 aromatic carbocycles. The van der Waals surface area contributed by atoms with Crippen LogP contribution in [0.3, 0.4) is 0 Å². The summed E-state index contributed by atoms with van der Waals surface area (Å²) in [7, 11) is 0. The van der Waals surface area contributed by atoms with E-state index in [4.69, 9.17) is 9.73 Å². The average molecular weight is 729 g/mol. The van der Waals surface area contributed by atoms with Crippen LogP contribution in [-0.4, -0.2) is 85.9 Å². The van der Waals surface area contributed by atoms with Crippen molar-refractivity contribution in [3.63, 3.8) is 0 Å². The molecule has 282 valence electrons. The third-order valence-corrected chi connectivity index (χ3v) is 11.9. The number of hydrogen-bond acceptors (Lipinski definition) is 10.